The average molecular weight is 358 g/mol. The van der Waals surface area contributed by atoms with E-state index in [-0.39, 0.29) is 5.91 Å². The summed E-state index contributed by atoms with van der Waals surface area (Å²) in [4.78, 5) is 18.2. The van der Waals surface area contributed by atoms with Gasteiger partial charge >= 0.3 is 0 Å². The molecule has 0 fully saturated rings. The van der Waals surface area contributed by atoms with E-state index in [1.165, 1.54) is 5.56 Å². The van der Waals surface area contributed by atoms with E-state index in [2.05, 4.69) is 23.2 Å². The maximum Gasteiger partial charge on any atom is 0.227 e. The summed E-state index contributed by atoms with van der Waals surface area (Å²) in [6.07, 6.45) is 4.78. The molecule has 0 bridgehead atoms. The molecule has 0 spiro atoms. The Kier molecular flexibility index (Phi) is 5.06. The number of H-pyrrole nitrogens is 1. The number of furan rings is 1. The van der Waals surface area contributed by atoms with Gasteiger partial charge in [-0.2, -0.15) is 0 Å². The van der Waals surface area contributed by atoms with Crippen LogP contribution in [0, 0.1) is 0 Å². The topological polar surface area (TPSA) is 49.2 Å². The first kappa shape index (κ1) is 17.2. The van der Waals surface area contributed by atoms with Crippen molar-refractivity contribution in [2.24, 2.45) is 0 Å². The first-order valence-corrected chi connectivity index (χ1v) is 9.18. The highest BCUT2D eigenvalue weighted by molar-refractivity contribution is 5.88. The van der Waals surface area contributed by atoms with Crippen molar-refractivity contribution in [1.82, 2.24) is 9.88 Å². The fourth-order valence-corrected chi connectivity index (χ4v) is 3.34. The Morgan fingerprint density at radius 1 is 0.963 bits per heavy atom. The van der Waals surface area contributed by atoms with Gasteiger partial charge in [-0.1, -0.05) is 48.5 Å². The minimum absolute atomic E-state index is 0.104. The van der Waals surface area contributed by atoms with Crippen LogP contribution in [0.1, 0.15) is 16.9 Å². The van der Waals surface area contributed by atoms with Crippen molar-refractivity contribution in [1.29, 1.82) is 0 Å². The molecule has 27 heavy (non-hydrogen) atoms. The van der Waals surface area contributed by atoms with E-state index in [4.69, 9.17) is 4.42 Å². The van der Waals surface area contributed by atoms with Gasteiger partial charge in [0.25, 0.3) is 0 Å². The monoisotopic (exact) mass is 358 g/mol. The highest BCUT2D eigenvalue weighted by atomic mass is 16.3. The van der Waals surface area contributed by atoms with Crippen LogP contribution in [-0.4, -0.2) is 22.3 Å². The van der Waals surface area contributed by atoms with Gasteiger partial charge in [0, 0.05) is 23.6 Å². The second-order valence-corrected chi connectivity index (χ2v) is 6.67. The lowest BCUT2D eigenvalue weighted by atomic mass is 10.1. The van der Waals surface area contributed by atoms with Crippen molar-refractivity contribution in [2.75, 3.05) is 6.54 Å². The molecule has 0 aliphatic heterocycles. The number of rotatable bonds is 7. The highest BCUT2D eigenvalue weighted by Crippen LogP contribution is 2.19. The predicted octanol–water partition coefficient (Wildman–Crippen LogP) is 4.57. The number of hydrogen-bond acceptors (Lipinski definition) is 2. The van der Waals surface area contributed by atoms with Crippen LogP contribution in [-0.2, 0) is 24.2 Å². The molecule has 0 unspecified atom stereocenters. The zero-order valence-electron chi connectivity index (χ0n) is 15.1. The Hall–Kier alpha value is -3.27. The number of fused-ring (bicyclic) bond motifs is 1. The summed E-state index contributed by atoms with van der Waals surface area (Å²) in [6, 6.07) is 22.1. The van der Waals surface area contributed by atoms with Crippen molar-refractivity contribution in [3.8, 4) is 0 Å². The Labute approximate surface area is 158 Å². The number of nitrogens with one attached hydrogen (secondary N) is 1. The van der Waals surface area contributed by atoms with Crippen molar-refractivity contribution in [3.63, 3.8) is 0 Å². The number of nitrogens with zero attached hydrogens (tertiary/aromatic N) is 1. The molecule has 2 aromatic carbocycles. The van der Waals surface area contributed by atoms with Crippen LogP contribution >= 0.6 is 0 Å². The molecule has 0 radical (unpaired) electrons. The number of carbonyl (C=O) groups is 1. The Bertz CT molecular complexity index is 1000. The highest BCUT2D eigenvalue weighted by Gasteiger charge is 2.17. The molecule has 2 heterocycles. The SMILES string of the molecule is O=C(Cc1c[nH]c2ccccc12)N(CCc1ccccc1)Cc1ccco1. The smallest absolute Gasteiger partial charge is 0.227 e. The standard InChI is InChI=1S/C23H22N2O2/c26-23(15-19-16-24-22-11-5-4-10-21(19)22)25(17-20-9-6-14-27-20)13-12-18-7-2-1-3-8-18/h1-11,14,16,24H,12-13,15,17H2. The molecule has 4 aromatic rings. The number of hydrogen-bond donors (Lipinski definition) is 1. The summed E-state index contributed by atoms with van der Waals surface area (Å²) in [5, 5.41) is 1.10. The second-order valence-electron chi connectivity index (χ2n) is 6.67. The van der Waals surface area contributed by atoms with E-state index in [1.807, 2.05) is 59.6 Å². The van der Waals surface area contributed by atoms with Crippen molar-refractivity contribution >= 4 is 16.8 Å². The Morgan fingerprint density at radius 3 is 2.59 bits per heavy atom. The number of aromatic nitrogens is 1. The minimum Gasteiger partial charge on any atom is -0.467 e. The van der Waals surface area contributed by atoms with Crippen molar-refractivity contribution < 1.29 is 9.21 Å². The van der Waals surface area contributed by atoms with Gasteiger partial charge in [-0.15, -0.1) is 0 Å². The Balaban J connectivity index is 1.50. The zero-order valence-corrected chi connectivity index (χ0v) is 15.1. The number of para-hydroxylation sites is 1. The van der Waals surface area contributed by atoms with Gasteiger partial charge in [-0.3, -0.25) is 4.79 Å². The number of benzene rings is 2. The lowest BCUT2D eigenvalue weighted by Crippen LogP contribution is -2.33. The Morgan fingerprint density at radius 2 is 1.78 bits per heavy atom. The maximum atomic E-state index is 13.1. The number of aromatic amines is 1. The molecule has 136 valence electrons. The maximum absolute atomic E-state index is 13.1. The molecule has 4 heteroatoms. The van der Waals surface area contributed by atoms with Gasteiger partial charge in [0.1, 0.15) is 5.76 Å². The van der Waals surface area contributed by atoms with E-state index in [9.17, 15) is 4.79 Å². The van der Waals surface area contributed by atoms with E-state index in [0.29, 0.717) is 19.5 Å². The van der Waals surface area contributed by atoms with Gasteiger partial charge in [0.2, 0.25) is 5.91 Å². The molecule has 1 amide bonds. The molecule has 1 N–H and O–H groups in total. The first-order chi connectivity index (χ1) is 13.3. The van der Waals surface area contributed by atoms with Gasteiger partial charge in [-0.25, -0.2) is 0 Å². The largest absolute Gasteiger partial charge is 0.467 e. The molecule has 0 atom stereocenters. The van der Waals surface area contributed by atoms with Gasteiger partial charge in [0.05, 0.1) is 19.2 Å². The van der Waals surface area contributed by atoms with Gasteiger partial charge < -0.3 is 14.3 Å². The summed E-state index contributed by atoms with van der Waals surface area (Å²) in [5.41, 5.74) is 3.31. The molecular formula is C23H22N2O2. The van der Waals surface area contributed by atoms with E-state index >= 15 is 0 Å². The molecule has 0 saturated carbocycles. The molecular weight excluding hydrogens is 336 g/mol. The third-order valence-electron chi connectivity index (χ3n) is 4.81. The fourth-order valence-electron chi connectivity index (χ4n) is 3.34. The van der Waals surface area contributed by atoms with Crippen molar-refractivity contribution in [3.05, 3.63) is 96.1 Å². The lowest BCUT2D eigenvalue weighted by Gasteiger charge is -2.22. The van der Waals surface area contributed by atoms with Crippen LogP contribution in [0.5, 0.6) is 0 Å². The third kappa shape index (κ3) is 4.11. The summed E-state index contributed by atoms with van der Waals surface area (Å²) >= 11 is 0. The summed E-state index contributed by atoms with van der Waals surface area (Å²) in [6.45, 7) is 1.15. The van der Waals surface area contributed by atoms with Crippen LogP contribution in [0.3, 0.4) is 0 Å². The second kappa shape index (κ2) is 7.96. The van der Waals surface area contributed by atoms with Crippen LogP contribution in [0.4, 0.5) is 0 Å². The molecule has 4 rings (SSSR count). The predicted molar refractivity (Wildman–Crippen MR) is 106 cm³/mol. The molecule has 4 nitrogen and oxygen atoms in total. The van der Waals surface area contributed by atoms with E-state index < -0.39 is 0 Å². The quantitative estimate of drug-likeness (QED) is 0.526. The zero-order chi connectivity index (χ0) is 18.5. The normalized spacial score (nSPS) is 11.0. The fraction of sp³-hybridized carbons (Fsp3) is 0.174. The number of amides is 1. The summed E-state index contributed by atoms with van der Waals surface area (Å²) in [7, 11) is 0. The number of carbonyl (C=O) groups excluding carboxylic acids is 1. The first-order valence-electron chi connectivity index (χ1n) is 9.18. The summed E-state index contributed by atoms with van der Waals surface area (Å²) < 4.78 is 5.47. The van der Waals surface area contributed by atoms with E-state index in [1.54, 1.807) is 6.26 Å². The molecule has 0 aliphatic carbocycles. The lowest BCUT2D eigenvalue weighted by molar-refractivity contribution is -0.131. The van der Waals surface area contributed by atoms with Crippen LogP contribution in [0.2, 0.25) is 0 Å². The van der Waals surface area contributed by atoms with E-state index in [0.717, 1.165) is 28.6 Å². The van der Waals surface area contributed by atoms with Gasteiger partial charge in [-0.05, 0) is 35.7 Å². The third-order valence-corrected chi connectivity index (χ3v) is 4.81. The van der Waals surface area contributed by atoms with Gasteiger partial charge in [0.15, 0.2) is 0 Å². The minimum atomic E-state index is 0.104. The van der Waals surface area contributed by atoms with Crippen LogP contribution < -0.4 is 0 Å². The molecule has 0 saturated heterocycles. The molecule has 0 aliphatic rings. The van der Waals surface area contributed by atoms with Crippen LogP contribution in [0.15, 0.2) is 83.6 Å². The summed E-state index contributed by atoms with van der Waals surface area (Å²) in [5.74, 6) is 0.905. The average Bonchev–Trinajstić information content (AvgIpc) is 3.36. The molecule has 2 aromatic heterocycles. The van der Waals surface area contributed by atoms with Crippen molar-refractivity contribution in [2.45, 2.75) is 19.4 Å². The van der Waals surface area contributed by atoms with Crippen LogP contribution in [0.25, 0.3) is 10.9 Å².